The standard InChI is InChI=1S/C21H22ClN3O7/c1-11-15(24-12(2)32-11)10-31-17-4-3-13(7-14(17)22)9-25-6-5-16(26)19(21(25)30)20(29)23-8-18(27)28/h3-4,7,26H,5-6,8-10H2,1-2H3,(H,23,29)(H,27,28). The van der Waals surface area contributed by atoms with Crippen LogP contribution in [0.5, 0.6) is 5.75 Å². The van der Waals surface area contributed by atoms with Crippen LogP contribution >= 0.6 is 11.6 Å². The summed E-state index contributed by atoms with van der Waals surface area (Å²) in [5, 5.41) is 21.1. The molecule has 0 atom stereocenters. The lowest BCUT2D eigenvalue weighted by molar-refractivity contribution is -0.138. The molecule has 3 N–H and O–H groups in total. The van der Waals surface area contributed by atoms with Crippen molar-refractivity contribution in [1.29, 1.82) is 0 Å². The molecule has 32 heavy (non-hydrogen) atoms. The molecule has 3 rings (SSSR count). The molecule has 1 aromatic carbocycles. The summed E-state index contributed by atoms with van der Waals surface area (Å²) in [6.07, 6.45) is 0.0763. The van der Waals surface area contributed by atoms with Crippen LogP contribution in [0.15, 0.2) is 33.9 Å². The van der Waals surface area contributed by atoms with Crippen LogP contribution in [0.4, 0.5) is 0 Å². The van der Waals surface area contributed by atoms with Crippen molar-refractivity contribution in [3.63, 3.8) is 0 Å². The fraction of sp³-hybridized carbons (Fsp3) is 0.333. The lowest BCUT2D eigenvalue weighted by Gasteiger charge is -2.28. The number of hydrogen-bond donors (Lipinski definition) is 3. The molecule has 0 aliphatic carbocycles. The third-order valence-corrected chi connectivity index (χ3v) is 5.06. The average molecular weight is 464 g/mol. The van der Waals surface area contributed by atoms with E-state index in [1.54, 1.807) is 32.0 Å². The summed E-state index contributed by atoms with van der Waals surface area (Å²) in [5.74, 6) is -1.60. The first-order chi connectivity index (χ1) is 15.2. The molecule has 11 heteroatoms. The van der Waals surface area contributed by atoms with Crippen LogP contribution in [0.3, 0.4) is 0 Å². The van der Waals surface area contributed by atoms with E-state index in [4.69, 9.17) is 25.9 Å². The fourth-order valence-corrected chi connectivity index (χ4v) is 3.46. The Kier molecular flexibility index (Phi) is 7.04. The van der Waals surface area contributed by atoms with E-state index in [1.807, 2.05) is 0 Å². The van der Waals surface area contributed by atoms with Gasteiger partial charge in [-0.25, -0.2) is 4.98 Å². The minimum Gasteiger partial charge on any atom is -0.511 e. The van der Waals surface area contributed by atoms with Crippen LogP contribution in [0.25, 0.3) is 0 Å². The van der Waals surface area contributed by atoms with Crippen molar-refractivity contribution in [2.24, 2.45) is 0 Å². The van der Waals surface area contributed by atoms with Crippen molar-refractivity contribution in [2.45, 2.75) is 33.4 Å². The summed E-state index contributed by atoms with van der Waals surface area (Å²) in [4.78, 5) is 41.1. The number of aliphatic carboxylic acids is 1. The quantitative estimate of drug-likeness (QED) is 0.506. The predicted octanol–water partition coefficient (Wildman–Crippen LogP) is 2.27. The van der Waals surface area contributed by atoms with E-state index in [9.17, 15) is 19.5 Å². The molecule has 0 spiro atoms. The lowest BCUT2D eigenvalue weighted by Crippen LogP contribution is -2.43. The molecule has 0 fully saturated rings. The number of carbonyl (C=O) groups is 3. The number of carbonyl (C=O) groups excluding carboxylic acids is 2. The zero-order valence-electron chi connectivity index (χ0n) is 17.5. The second-order valence-electron chi connectivity index (χ2n) is 7.16. The van der Waals surface area contributed by atoms with Gasteiger partial charge in [-0.15, -0.1) is 0 Å². The first-order valence-corrected chi connectivity index (χ1v) is 10.1. The number of halogens is 1. The molecule has 0 bridgehead atoms. The van der Waals surface area contributed by atoms with Crippen molar-refractivity contribution in [2.75, 3.05) is 13.1 Å². The van der Waals surface area contributed by atoms with Crippen LogP contribution in [0, 0.1) is 13.8 Å². The Morgan fingerprint density at radius 1 is 1.34 bits per heavy atom. The second kappa shape index (κ2) is 9.73. The summed E-state index contributed by atoms with van der Waals surface area (Å²) in [6.45, 7) is 3.40. The summed E-state index contributed by atoms with van der Waals surface area (Å²) < 4.78 is 11.1. The Bertz CT molecular complexity index is 1090. The molecule has 2 heterocycles. The fourth-order valence-electron chi connectivity index (χ4n) is 3.20. The Balaban J connectivity index is 1.66. The highest BCUT2D eigenvalue weighted by Crippen LogP contribution is 2.28. The van der Waals surface area contributed by atoms with Crippen molar-refractivity contribution < 1.29 is 33.8 Å². The van der Waals surface area contributed by atoms with Gasteiger partial charge in [0, 0.05) is 26.4 Å². The number of ether oxygens (including phenoxy) is 1. The molecular weight excluding hydrogens is 442 g/mol. The van der Waals surface area contributed by atoms with Crippen LogP contribution < -0.4 is 10.1 Å². The van der Waals surface area contributed by atoms with Gasteiger partial charge in [0.25, 0.3) is 11.8 Å². The predicted molar refractivity (Wildman–Crippen MR) is 112 cm³/mol. The van der Waals surface area contributed by atoms with Crippen LogP contribution in [0.1, 0.15) is 29.3 Å². The van der Waals surface area contributed by atoms with Gasteiger partial charge in [-0.2, -0.15) is 0 Å². The van der Waals surface area contributed by atoms with Gasteiger partial charge < -0.3 is 29.6 Å². The molecule has 1 aromatic heterocycles. The second-order valence-corrected chi connectivity index (χ2v) is 7.57. The lowest BCUT2D eigenvalue weighted by atomic mass is 10.0. The van der Waals surface area contributed by atoms with Gasteiger partial charge in [-0.1, -0.05) is 17.7 Å². The number of aliphatic hydroxyl groups excluding tert-OH is 1. The molecule has 0 unspecified atom stereocenters. The zero-order chi connectivity index (χ0) is 23.4. The Morgan fingerprint density at radius 2 is 2.09 bits per heavy atom. The van der Waals surface area contributed by atoms with Crippen molar-refractivity contribution >= 4 is 29.4 Å². The van der Waals surface area contributed by atoms with Gasteiger partial charge in [0.05, 0.1) is 5.02 Å². The van der Waals surface area contributed by atoms with E-state index in [1.165, 1.54) is 4.90 Å². The number of nitrogens with zero attached hydrogens (tertiary/aromatic N) is 2. The van der Waals surface area contributed by atoms with Gasteiger partial charge in [0.2, 0.25) is 0 Å². The largest absolute Gasteiger partial charge is 0.511 e. The molecule has 10 nitrogen and oxygen atoms in total. The number of carboxylic acid groups (broad SMARTS) is 1. The smallest absolute Gasteiger partial charge is 0.322 e. The molecule has 2 amide bonds. The Hall–Kier alpha value is -3.53. The van der Waals surface area contributed by atoms with Gasteiger partial charge in [0.1, 0.15) is 41.7 Å². The number of aliphatic hydroxyl groups is 1. The molecule has 1 aliphatic heterocycles. The number of aryl methyl sites for hydroxylation is 2. The van der Waals surface area contributed by atoms with Gasteiger partial charge in [-0.3, -0.25) is 14.4 Å². The summed E-state index contributed by atoms with van der Waals surface area (Å²) in [7, 11) is 0. The van der Waals surface area contributed by atoms with Gasteiger partial charge in [0.15, 0.2) is 5.89 Å². The highest BCUT2D eigenvalue weighted by Gasteiger charge is 2.32. The normalized spacial score (nSPS) is 14.0. The first-order valence-electron chi connectivity index (χ1n) is 9.71. The maximum atomic E-state index is 12.7. The molecular formula is C21H22ClN3O7. The topological polar surface area (TPSA) is 142 Å². The molecule has 0 saturated carbocycles. The van der Waals surface area contributed by atoms with Crippen LogP contribution in [0.2, 0.25) is 5.02 Å². The highest BCUT2D eigenvalue weighted by atomic mass is 35.5. The molecule has 0 radical (unpaired) electrons. The monoisotopic (exact) mass is 463 g/mol. The van der Waals surface area contributed by atoms with Crippen molar-refractivity contribution in [1.82, 2.24) is 15.2 Å². The maximum absolute atomic E-state index is 12.7. The Labute approximate surface area is 188 Å². The molecule has 0 saturated heterocycles. The third kappa shape index (κ3) is 5.38. The van der Waals surface area contributed by atoms with Gasteiger partial charge in [-0.05, 0) is 24.6 Å². The minimum atomic E-state index is -1.26. The first kappa shape index (κ1) is 23.1. The maximum Gasteiger partial charge on any atom is 0.322 e. The molecule has 1 aliphatic rings. The van der Waals surface area contributed by atoms with Crippen molar-refractivity contribution in [3.8, 4) is 5.75 Å². The third-order valence-electron chi connectivity index (χ3n) is 4.77. The SMILES string of the molecule is Cc1nc(COc2ccc(CN3CCC(O)=C(C(=O)NCC(=O)O)C3=O)cc2Cl)c(C)o1. The zero-order valence-corrected chi connectivity index (χ0v) is 18.2. The number of rotatable bonds is 8. The Morgan fingerprint density at radius 3 is 2.72 bits per heavy atom. The highest BCUT2D eigenvalue weighted by molar-refractivity contribution is 6.32. The summed E-state index contributed by atoms with van der Waals surface area (Å²) in [6, 6.07) is 5.05. The number of aromatic nitrogens is 1. The summed E-state index contributed by atoms with van der Waals surface area (Å²) in [5.41, 5.74) is 0.902. The van der Waals surface area contributed by atoms with E-state index >= 15 is 0 Å². The summed E-state index contributed by atoms with van der Waals surface area (Å²) >= 11 is 6.33. The number of amides is 2. The number of nitrogens with one attached hydrogen (secondary N) is 1. The van der Waals surface area contributed by atoms with Crippen molar-refractivity contribution in [3.05, 3.63) is 57.5 Å². The number of hydrogen-bond acceptors (Lipinski definition) is 7. The molecule has 170 valence electrons. The van der Waals surface area contributed by atoms with E-state index in [0.29, 0.717) is 33.7 Å². The number of carboxylic acids is 1. The number of benzene rings is 1. The average Bonchev–Trinajstić information content (AvgIpc) is 3.05. The van der Waals surface area contributed by atoms with Crippen LogP contribution in [-0.2, 0) is 27.5 Å². The van der Waals surface area contributed by atoms with E-state index in [2.05, 4.69) is 10.3 Å². The van der Waals surface area contributed by atoms with Crippen LogP contribution in [-0.4, -0.2) is 51.0 Å². The van der Waals surface area contributed by atoms with E-state index in [-0.39, 0.29) is 31.9 Å². The minimum absolute atomic E-state index is 0.0763. The van der Waals surface area contributed by atoms with E-state index < -0.39 is 29.9 Å². The number of oxazole rings is 1. The molecule has 2 aromatic rings. The van der Waals surface area contributed by atoms with Gasteiger partial charge >= 0.3 is 5.97 Å². The van der Waals surface area contributed by atoms with E-state index in [0.717, 1.165) is 0 Å².